The van der Waals surface area contributed by atoms with E-state index in [1.54, 1.807) is 11.3 Å². The Morgan fingerprint density at radius 1 is 1.14 bits per heavy atom. The maximum Gasteiger partial charge on any atom is 0.306 e. The molecule has 2 aromatic rings. The Hall–Kier alpha value is -1.50. The lowest BCUT2D eigenvalue weighted by atomic mass is 10.1. The summed E-state index contributed by atoms with van der Waals surface area (Å²) in [6.07, 6.45) is 7.27. The van der Waals surface area contributed by atoms with Crippen LogP contribution in [-0.4, -0.2) is 30.9 Å². The van der Waals surface area contributed by atoms with Crippen LogP contribution in [0.25, 0.3) is 4.96 Å². The number of aliphatic carboxylic acids is 1. The lowest BCUT2D eigenvalue weighted by molar-refractivity contribution is -0.141. The summed E-state index contributed by atoms with van der Waals surface area (Å²) >= 11 is 1.57. The van der Waals surface area contributed by atoms with Gasteiger partial charge < -0.3 is 5.11 Å². The molecular formula is C14H18N4O2S. The highest BCUT2D eigenvalue weighted by molar-refractivity contribution is 7.16. The Kier molecular flexibility index (Phi) is 3.17. The Morgan fingerprint density at radius 3 is 2.67 bits per heavy atom. The van der Waals surface area contributed by atoms with Crippen LogP contribution in [0.2, 0.25) is 0 Å². The highest BCUT2D eigenvalue weighted by Crippen LogP contribution is 2.40. The zero-order valence-electron chi connectivity index (χ0n) is 11.7. The molecule has 2 atom stereocenters. The monoisotopic (exact) mass is 306 g/mol. The van der Waals surface area contributed by atoms with Crippen molar-refractivity contribution in [3.8, 4) is 0 Å². The SMILES string of the molecule is O=C(O)C1CCC(c2nn3c(C4CCCC4)nnc3s2)C1. The number of aromatic nitrogens is 4. The Morgan fingerprint density at radius 2 is 1.95 bits per heavy atom. The summed E-state index contributed by atoms with van der Waals surface area (Å²) < 4.78 is 1.91. The third kappa shape index (κ3) is 2.23. The quantitative estimate of drug-likeness (QED) is 0.943. The molecule has 112 valence electrons. The van der Waals surface area contributed by atoms with E-state index in [1.165, 1.54) is 25.7 Å². The van der Waals surface area contributed by atoms with Crippen LogP contribution in [0.4, 0.5) is 0 Å². The lowest BCUT2D eigenvalue weighted by Gasteiger charge is -2.05. The smallest absolute Gasteiger partial charge is 0.306 e. The van der Waals surface area contributed by atoms with Crippen LogP contribution in [-0.2, 0) is 4.79 Å². The molecule has 21 heavy (non-hydrogen) atoms. The zero-order chi connectivity index (χ0) is 14.4. The van der Waals surface area contributed by atoms with Crippen molar-refractivity contribution < 1.29 is 9.90 Å². The zero-order valence-corrected chi connectivity index (χ0v) is 12.6. The lowest BCUT2D eigenvalue weighted by Crippen LogP contribution is -2.09. The van der Waals surface area contributed by atoms with Crippen LogP contribution in [0.5, 0.6) is 0 Å². The molecule has 2 saturated carbocycles. The normalized spacial score (nSPS) is 26.9. The third-order valence-electron chi connectivity index (χ3n) is 4.88. The first kappa shape index (κ1) is 13.2. The summed E-state index contributed by atoms with van der Waals surface area (Å²) in [6.45, 7) is 0. The van der Waals surface area contributed by atoms with Gasteiger partial charge in [-0.1, -0.05) is 24.2 Å². The first-order chi connectivity index (χ1) is 10.2. The highest BCUT2D eigenvalue weighted by Gasteiger charge is 2.33. The van der Waals surface area contributed by atoms with Crippen LogP contribution in [0, 0.1) is 5.92 Å². The van der Waals surface area contributed by atoms with Gasteiger partial charge in [0.2, 0.25) is 4.96 Å². The van der Waals surface area contributed by atoms with Gasteiger partial charge in [0.1, 0.15) is 5.01 Å². The Bertz CT molecular complexity index is 674. The Balaban J connectivity index is 1.61. The van der Waals surface area contributed by atoms with Gasteiger partial charge in [-0.3, -0.25) is 4.79 Å². The standard InChI is InChI=1S/C14H18N4O2S/c19-13(20)10-6-5-9(7-10)12-17-18-11(8-3-1-2-4-8)15-16-14(18)21-12/h8-10H,1-7H2,(H,19,20). The van der Waals surface area contributed by atoms with E-state index in [2.05, 4.69) is 10.2 Å². The molecule has 2 unspecified atom stereocenters. The second-order valence-corrected chi connectivity index (χ2v) is 7.21. The van der Waals surface area contributed by atoms with Gasteiger partial charge in [0.15, 0.2) is 5.82 Å². The fourth-order valence-electron chi connectivity index (χ4n) is 3.68. The summed E-state index contributed by atoms with van der Waals surface area (Å²) in [5, 5.41) is 23.4. The van der Waals surface area contributed by atoms with Crippen molar-refractivity contribution in [3.05, 3.63) is 10.8 Å². The molecule has 0 saturated heterocycles. The summed E-state index contributed by atoms with van der Waals surface area (Å²) in [4.78, 5) is 11.9. The second-order valence-electron chi connectivity index (χ2n) is 6.22. The average molecular weight is 306 g/mol. The van der Waals surface area contributed by atoms with Gasteiger partial charge in [0.25, 0.3) is 0 Å². The van der Waals surface area contributed by atoms with Crippen molar-refractivity contribution in [2.75, 3.05) is 0 Å². The summed E-state index contributed by atoms with van der Waals surface area (Å²) in [7, 11) is 0. The van der Waals surface area contributed by atoms with Gasteiger partial charge in [-0.2, -0.15) is 9.61 Å². The van der Waals surface area contributed by atoms with Gasteiger partial charge >= 0.3 is 5.97 Å². The molecule has 2 aliphatic carbocycles. The number of carboxylic acid groups (broad SMARTS) is 1. The minimum atomic E-state index is -0.674. The molecule has 6 nitrogen and oxygen atoms in total. The molecule has 0 bridgehead atoms. The van der Waals surface area contributed by atoms with Crippen molar-refractivity contribution in [3.63, 3.8) is 0 Å². The molecule has 1 N–H and O–H groups in total. The van der Waals surface area contributed by atoms with Crippen LogP contribution < -0.4 is 0 Å². The maximum absolute atomic E-state index is 11.1. The number of hydrogen-bond acceptors (Lipinski definition) is 5. The van der Waals surface area contributed by atoms with E-state index >= 15 is 0 Å². The molecule has 2 aromatic heterocycles. The fourth-order valence-corrected chi connectivity index (χ4v) is 4.67. The minimum Gasteiger partial charge on any atom is -0.481 e. The molecule has 2 fully saturated rings. The summed E-state index contributed by atoms with van der Waals surface area (Å²) in [5.74, 6) is 0.878. The van der Waals surface area contributed by atoms with E-state index in [0.29, 0.717) is 12.3 Å². The maximum atomic E-state index is 11.1. The predicted octanol–water partition coefficient (Wildman–Crippen LogP) is 2.81. The van der Waals surface area contributed by atoms with Crippen LogP contribution in [0.3, 0.4) is 0 Å². The van der Waals surface area contributed by atoms with Gasteiger partial charge in [0.05, 0.1) is 5.92 Å². The minimum absolute atomic E-state index is 0.210. The number of nitrogens with zero attached hydrogens (tertiary/aromatic N) is 4. The van der Waals surface area contributed by atoms with Crippen LogP contribution in [0.1, 0.15) is 67.6 Å². The van der Waals surface area contributed by atoms with Crippen molar-refractivity contribution in [2.24, 2.45) is 5.92 Å². The molecule has 0 amide bonds. The van der Waals surface area contributed by atoms with Crippen LogP contribution >= 0.6 is 11.3 Å². The van der Waals surface area contributed by atoms with Gasteiger partial charge in [-0.05, 0) is 32.1 Å². The number of carbonyl (C=O) groups is 1. The van der Waals surface area contributed by atoms with E-state index in [4.69, 9.17) is 10.2 Å². The molecule has 0 radical (unpaired) electrons. The first-order valence-electron chi connectivity index (χ1n) is 7.67. The summed E-state index contributed by atoms with van der Waals surface area (Å²) in [6, 6.07) is 0. The molecule has 7 heteroatoms. The molecular weight excluding hydrogens is 288 g/mol. The van der Waals surface area contributed by atoms with Crippen molar-refractivity contribution in [1.29, 1.82) is 0 Å². The van der Waals surface area contributed by atoms with E-state index in [0.717, 1.165) is 28.6 Å². The molecule has 2 heterocycles. The second kappa shape index (κ2) is 5.05. The van der Waals surface area contributed by atoms with Gasteiger partial charge in [0, 0.05) is 11.8 Å². The summed E-state index contributed by atoms with van der Waals surface area (Å²) in [5.41, 5.74) is 0. The first-order valence-corrected chi connectivity index (χ1v) is 8.49. The largest absolute Gasteiger partial charge is 0.481 e. The number of rotatable bonds is 3. The fraction of sp³-hybridized carbons (Fsp3) is 0.714. The number of carboxylic acids is 1. The predicted molar refractivity (Wildman–Crippen MR) is 77.6 cm³/mol. The average Bonchev–Trinajstić information content (AvgIpc) is 3.21. The van der Waals surface area contributed by atoms with E-state index in [1.807, 2.05) is 4.52 Å². The van der Waals surface area contributed by atoms with Crippen molar-refractivity contribution in [2.45, 2.75) is 56.8 Å². The molecule has 2 aliphatic rings. The van der Waals surface area contributed by atoms with E-state index in [9.17, 15) is 4.79 Å². The number of fused-ring (bicyclic) bond motifs is 1. The van der Waals surface area contributed by atoms with Gasteiger partial charge in [-0.15, -0.1) is 10.2 Å². The van der Waals surface area contributed by atoms with E-state index < -0.39 is 5.97 Å². The van der Waals surface area contributed by atoms with Crippen molar-refractivity contribution >= 4 is 22.3 Å². The van der Waals surface area contributed by atoms with E-state index in [-0.39, 0.29) is 11.8 Å². The topological polar surface area (TPSA) is 80.4 Å². The Labute approximate surface area is 126 Å². The molecule has 0 spiro atoms. The molecule has 4 rings (SSSR count). The van der Waals surface area contributed by atoms with Crippen molar-refractivity contribution in [1.82, 2.24) is 19.8 Å². The number of hydrogen-bond donors (Lipinski definition) is 1. The molecule has 0 aromatic carbocycles. The third-order valence-corrected chi connectivity index (χ3v) is 5.94. The molecule has 0 aliphatic heterocycles. The highest BCUT2D eigenvalue weighted by atomic mass is 32.1. The van der Waals surface area contributed by atoms with Crippen LogP contribution in [0.15, 0.2) is 0 Å². The van der Waals surface area contributed by atoms with Gasteiger partial charge in [-0.25, -0.2) is 0 Å².